The minimum Gasteiger partial charge on any atom is -0.338 e. The first-order chi connectivity index (χ1) is 8.79. The van der Waals surface area contributed by atoms with Crippen molar-refractivity contribution in [1.82, 2.24) is 9.97 Å². The lowest BCUT2D eigenvalue weighted by Crippen LogP contribution is -1.85. The Morgan fingerprint density at radius 1 is 1.11 bits per heavy atom. The first-order valence-corrected chi connectivity index (χ1v) is 6.22. The quantitative estimate of drug-likeness (QED) is 0.741. The van der Waals surface area contributed by atoms with E-state index in [9.17, 15) is 0 Å². The third-order valence-electron chi connectivity index (χ3n) is 2.76. The van der Waals surface area contributed by atoms with Crippen LogP contribution in [0.1, 0.15) is 5.56 Å². The van der Waals surface area contributed by atoms with Crippen molar-refractivity contribution in [3.8, 4) is 17.5 Å². The van der Waals surface area contributed by atoms with Gasteiger partial charge in [0.25, 0.3) is 0 Å². The van der Waals surface area contributed by atoms with Gasteiger partial charge >= 0.3 is 0 Å². The molecule has 0 saturated carbocycles. The molecule has 0 aliphatic carbocycles. The van der Waals surface area contributed by atoms with Crippen LogP contribution in [0, 0.1) is 11.3 Å². The van der Waals surface area contributed by atoms with E-state index in [2.05, 4.69) is 32.0 Å². The van der Waals surface area contributed by atoms with Gasteiger partial charge in [-0.15, -0.1) is 0 Å². The monoisotopic (exact) mass is 297 g/mol. The van der Waals surface area contributed by atoms with Gasteiger partial charge in [-0.25, -0.2) is 4.98 Å². The first kappa shape index (κ1) is 11.0. The van der Waals surface area contributed by atoms with Crippen LogP contribution >= 0.6 is 15.9 Å². The van der Waals surface area contributed by atoms with E-state index in [4.69, 9.17) is 5.26 Å². The third kappa shape index (κ3) is 1.69. The van der Waals surface area contributed by atoms with Crippen molar-refractivity contribution in [1.29, 1.82) is 5.26 Å². The molecule has 86 valence electrons. The molecule has 18 heavy (non-hydrogen) atoms. The molecule has 3 nitrogen and oxygen atoms in total. The molecule has 0 amide bonds. The number of nitrogens with zero attached hydrogens (tertiary/aromatic N) is 2. The Kier molecular flexibility index (Phi) is 2.62. The lowest BCUT2D eigenvalue weighted by atomic mass is 10.1. The summed E-state index contributed by atoms with van der Waals surface area (Å²) in [5, 5.41) is 9.02. The largest absolute Gasteiger partial charge is 0.338 e. The zero-order valence-electron chi connectivity index (χ0n) is 9.31. The molecule has 2 aromatic carbocycles. The summed E-state index contributed by atoms with van der Waals surface area (Å²) < 4.78 is 0.770. The molecule has 0 fully saturated rings. The summed E-state index contributed by atoms with van der Waals surface area (Å²) >= 11 is 3.45. The van der Waals surface area contributed by atoms with Crippen LogP contribution in [-0.2, 0) is 0 Å². The highest BCUT2D eigenvalue weighted by atomic mass is 79.9. The maximum Gasteiger partial charge on any atom is 0.139 e. The smallest absolute Gasteiger partial charge is 0.139 e. The summed E-state index contributed by atoms with van der Waals surface area (Å²) in [6.07, 6.45) is 0. The summed E-state index contributed by atoms with van der Waals surface area (Å²) in [5.74, 6) is 0.764. The molecule has 3 aromatic rings. The number of nitriles is 1. The molecule has 0 atom stereocenters. The fourth-order valence-electron chi connectivity index (χ4n) is 1.88. The second kappa shape index (κ2) is 4.28. The van der Waals surface area contributed by atoms with Gasteiger partial charge in [-0.3, -0.25) is 0 Å². The highest BCUT2D eigenvalue weighted by Crippen LogP contribution is 2.30. The Balaban J connectivity index is 2.24. The van der Waals surface area contributed by atoms with Crippen molar-refractivity contribution in [2.75, 3.05) is 0 Å². The number of aromatic nitrogens is 2. The van der Waals surface area contributed by atoms with Crippen LogP contribution in [0.3, 0.4) is 0 Å². The van der Waals surface area contributed by atoms with Gasteiger partial charge in [0.05, 0.1) is 16.6 Å². The number of hydrogen-bond donors (Lipinski definition) is 1. The van der Waals surface area contributed by atoms with E-state index >= 15 is 0 Å². The van der Waals surface area contributed by atoms with E-state index in [0.29, 0.717) is 5.56 Å². The number of nitrogens with one attached hydrogen (secondary N) is 1. The van der Waals surface area contributed by atoms with Crippen molar-refractivity contribution in [2.45, 2.75) is 0 Å². The van der Waals surface area contributed by atoms with E-state index < -0.39 is 0 Å². The summed E-state index contributed by atoms with van der Waals surface area (Å²) in [6, 6.07) is 15.6. The minimum absolute atomic E-state index is 0.605. The predicted molar refractivity (Wildman–Crippen MR) is 73.9 cm³/mol. The number of halogens is 1. The van der Waals surface area contributed by atoms with Crippen LogP contribution in [0.5, 0.6) is 0 Å². The molecule has 0 spiro atoms. The fourth-order valence-corrected chi connectivity index (χ4v) is 2.42. The highest BCUT2D eigenvalue weighted by Gasteiger charge is 2.10. The normalized spacial score (nSPS) is 10.4. The highest BCUT2D eigenvalue weighted by molar-refractivity contribution is 9.10. The van der Waals surface area contributed by atoms with E-state index in [-0.39, 0.29) is 0 Å². The predicted octanol–water partition coefficient (Wildman–Crippen LogP) is 3.86. The molecule has 1 aromatic heterocycles. The summed E-state index contributed by atoms with van der Waals surface area (Å²) in [7, 11) is 0. The lowest BCUT2D eigenvalue weighted by Gasteiger charge is -2.01. The van der Waals surface area contributed by atoms with Gasteiger partial charge in [-0.2, -0.15) is 5.26 Å². The Labute approximate surface area is 112 Å². The maximum atomic E-state index is 9.02. The van der Waals surface area contributed by atoms with Gasteiger partial charge in [0.1, 0.15) is 11.9 Å². The van der Waals surface area contributed by atoms with E-state index in [1.165, 1.54) is 0 Å². The SMILES string of the molecule is N#Cc1cccc(-c2nc3ccccc3[nH]2)c1Br. The van der Waals surface area contributed by atoms with Gasteiger partial charge in [0.15, 0.2) is 0 Å². The minimum atomic E-state index is 0.605. The van der Waals surface area contributed by atoms with Crippen molar-refractivity contribution < 1.29 is 0 Å². The summed E-state index contributed by atoms with van der Waals surface area (Å²) in [5.41, 5.74) is 3.40. The van der Waals surface area contributed by atoms with E-state index in [0.717, 1.165) is 26.9 Å². The Hall–Kier alpha value is -2.12. The average molecular weight is 298 g/mol. The number of fused-ring (bicyclic) bond motifs is 1. The number of hydrogen-bond acceptors (Lipinski definition) is 2. The molecule has 0 radical (unpaired) electrons. The Bertz CT molecular complexity index is 735. The zero-order valence-corrected chi connectivity index (χ0v) is 10.9. The van der Waals surface area contributed by atoms with Crippen molar-refractivity contribution in [3.05, 3.63) is 52.5 Å². The summed E-state index contributed by atoms with van der Waals surface area (Å²) in [4.78, 5) is 7.78. The Morgan fingerprint density at radius 3 is 2.72 bits per heavy atom. The van der Waals surface area contributed by atoms with Gasteiger partial charge in [0.2, 0.25) is 0 Å². The number of para-hydroxylation sites is 2. The first-order valence-electron chi connectivity index (χ1n) is 5.43. The van der Waals surface area contributed by atoms with Crippen LogP contribution in [0.4, 0.5) is 0 Å². The molecule has 0 saturated heterocycles. The fraction of sp³-hybridized carbons (Fsp3) is 0. The van der Waals surface area contributed by atoms with E-state index in [1.807, 2.05) is 36.4 Å². The standard InChI is InChI=1S/C14H8BrN3/c15-13-9(8-16)4-3-5-10(13)14-17-11-6-1-2-7-12(11)18-14/h1-7H,(H,17,18). The van der Waals surface area contributed by atoms with Crippen LogP contribution in [0.25, 0.3) is 22.4 Å². The van der Waals surface area contributed by atoms with Gasteiger partial charge in [0, 0.05) is 10.0 Å². The van der Waals surface area contributed by atoms with Gasteiger partial charge in [-0.05, 0) is 34.1 Å². The molecular weight excluding hydrogens is 290 g/mol. The third-order valence-corrected chi connectivity index (χ3v) is 3.62. The molecule has 0 aliphatic heterocycles. The van der Waals surface area contributed by atoms with Crippen molar-refractivity contribution in [2.24, 2.45) is 0 Å². The molecule has 0 unspecified atom stereocenters. The number of rotatable bonds is 1. The maximum absolute atomic E-state index is 9.02. The van der Waals surface area contributed by atoms with Crippen molar-refractivity contribution >= 4 is 27.0 Å². The van der Waals surface area contributed by atoms with Crippen LogP contribution < -0.4 is 0 Å². The zero-order chi connectivity index (χ0) is 12.5. The molecular formula is C14H8BrN3. The van der Waals surface area contributed by atoms with Crippen LogP contribution in [-0.4, -0.2) is 9.97 Å². The second-order valence-corrected chi connectivity index (χ2v) is 4.67. The second-order valence-electron chi connectivity index (χ2n) is 3.88. The summed E-state index contributed by atoms with van der Waals surface area (Å²) in [6.45, 7) is 0. The molecule has 4 heteroatoms. The number of aromatic amines is 1. The topological polar surface area (TPSA) is 52.5 Å². The molecule has 0 bridgehead atoms. The number of H-pyrrole nitrogens is 1. The van der Waals surface area contributed by atoms with Crippen molar-refractivity contribution in [3.63, 3.8) is 0 Å². The van der Waals surface area contributed by atoms with Gasteiger partial charge < -0.3 is 4.98 Å². The molecule has 0 aliphatic rings. The Morgan fingerprint density at radius 2 is 1.94 bits per heavy atom. The van der Waals surface area contributed by atoms with Crippen LogP contribution in [0.2, 0.25) is 0 Å². The molecule has 1 N–H and O–H groups in total. The number of imidazole rings is 1. The van der Waals surface area contributed by atoms with Gasteiger partial charge in [-0.1, -0.05) is 24.3 Å². The lowest BCUT2D eigenvalue weighted by molar-refractivity contribution is 1.32. The molecule has 3 rings (SSSR count). The average Bonchev–Trinajstić information content (AvgIpc) is 2.82. The number of benzene rings is 2. The van der Waals surface area contributed by atoms with Crippen LogP contribution in [0.15, 0.2) is 46.9 Å². The molecule has 1 heterocycles. The van der Waals surface area contributed by atoms with E-state index in [1.54, 1.807) is 6.07 Å².